The van der Waals surface area contributed by atoms with Gasteiger partial charge in [0, 0.05) is 25.0 Å². The highest BCUT2D eigenvalue weighted by Gasteiger charge is 2.23. The summed E-state index contributed by atoms with van der Waals surface area (Å²) in [6.45, 7) is 5.75. The molecule has 8 heteroatoms. The molecule has 0 spiro atoms. The van der Waals surface area contributed by atoms with Crippen LogP contribution in [0.5, 0.6) is 11.5 Å². The molecule has 4 rings (SSSR count). The molecule has 0 atom stereocenters. The Morgan fingerprint density at radius 1 is 1.26 bits per heavy atom. The Bertz CT molecular complexity index is 801. The molecule has 0 bridgehead atoms. The Morgan fingerprint density at radius 3 is 2.85 bits per heavy atom. The number of rotatable bonds is 6. The van der Waals surface area contributed by atoms with E-state index in [1.54, 1.807) is 24.4 Å². The number of fused-ring (bicyclic) bond motifs is 1. The van der Waals surface area contributed by atoms with Crippen molar-refractivity contribution in [2.75, 3.05) is 46.2 Å². The van der Waals surface area contributed by atoms with E-state index < -0.39 is 0 Å². The molecule has 0 unspecified atom stereocenters. The number of carbonyl (C=O) groups excluding carboxylic acids is 1. The van der Waals surface area contributed by atoms with Gasteiger partial charge in [-0.1, -0.05) is 0 Å². The maximum atomic E-state index is 13.2. The van der Waals surface area contributed by atoms with Crippen LogP contribution in [0.2, 0.25) is 0 Å². The van der Waals surface area contributed by atoms with E-state index in [1.807, 2.05) is 22.7 Å². The molecule has 0 aliphatic carbocycles. The molecule has 1 saturated heterocycles. The van der Waals surface area contributed by atoms with Gasteiger partial charge >= 0.3 is 0 Å². The van der Waals surface area contributed by atoms with Crippen molar-refractivity contribution in [1.29, 1.82) is 0 Å². The molecule has 1 amide bonds. The quantitative estimate of drug-likeness (QED) is 0.753. The summed E-state index contributed by atoms with van der Waals surface area (Å²) in [5.41, 5.74) is 0.602. The number of aryl methyl sites for hydroxylation is 1. The number of nitrogens with one attached hydrogen (secondary N) is 1. The van der Waals surface area contributed by atoms with Crippen LogP contribution < -0.4 is 14.4 Å². The van der Waals surface area contributed by atoms with Crippen LogP contribution in [0.25, 0.3) is 0 Å². The second-order valence-corrected chi connectivity index (χ2v) is 6.86. The van der Waals surface area contributed by atoms with Gasteiger partial charge < -0.3 is 28.6 Å². The van der Waals surface area contributed by atoms with Crippen molar-refractivity contribution in [2.24, 2.45) is 7.05 Å². The number of imidazole rings is 1. The summed E-state index contributed by atoms with van der Waals surface area (Å²) in [6.07, 6.45) is 3.65. The normalized spacial score (nSPS) is 16.5. The van der Waals surface area contributed by atoms with Crippen molar-refractivity contribution in [3.63, 3.8) is 0 Å². The summed E-state index contributed by atoms with van der Waals surface area (Å²) in [5, 5.41) is 0. The largest absolute Gasteiger partial charge is 0.454 e. The van der Waals surface area contributed by atoms with Gasteiger partial charge in [0.2, 0.25) is 6.79 Å². The summed E-state index contributed by atoms with van der Waals surface area (Å²) in [6, 6.07) is 5.35. The molecule has 0 saturated carbocycles. The van der Waals surface area contributed by atoms with Gasteiger partial charge in [-0.05, 0) is 18.2 Å². The van der Waals surface area contributed by atoms with Crippen molar-refractivity contribution in [3.8, 4) is 11.5 Å². The SMILES string of the molecule is Cn1ccnc1CN(CC[NH+]1CCOCC1)C(=O)c1ccc2c(c1)OCO2. The Labute approximate surface area is 158 Å². The summed E-state index contributed by atoms with van der Waals surface area (Å²) in [5.74, 6) is 2.14. The third-order valence-corrected chi connectivity index (χ3v) is 5.10. The Morgan fingerprint density at radius 2 is 2.07 bits per heavy atom. The highest BCUT2D eigenvalue weighted by Crippen LogP contribution is 2.32. The van der Waals surface area contributed by atoms with Crippen molar-refractivity contribution < 1.29 is 23.9 Å². The molecule has 8 nitrogen and oxygen atoms in total. The number of hydrogen-bond acceptors (Lipinski definition) is 5. The first kappa shape index (κ1) is 17.8. The monoisotopic (exact) mass is 373 g/mol. The minimum atomic E-state index is -0.0241. The smallest absolute Gasteiger partial charge is 0.254 e. The van der Waals surface area contributed by atoms with Crippen LogP contribution in [0.3, 0.4) is 0 Å². The molecule has 1 N–H and O–H groups in total. The number of ether oxygens (including phenoxy) is 3. The standard InChI is InChI=1S/C19H24N4O4/c1-21-5-4-20-18(21)13-23(7-6-22-8-10-25-11-9-22)19(24)15-2-3-16-17(12-15)27-14-26-16/h2-5,12H,6-11,13-14H2,1H3/p+1. The zero-order chi connectivity index (χ0) is 18.6. The number of aromatic nitrogens is 2. The van der Waals surface area contributed by atoms with E-state index >= 15 is 0 Å². The van der Waals surface area contributed by atoms with Gasteiger partial charge in [-0.15, -0.1) is 0 Å². The van der Waals surface area contributed by atoms with Gasteiger partial charge in [-0.25, -0.2) is 4.98 Å². The zero-order valence-electron chi connectivity index (χ0n) is 15.5. The fraction of sp³-hybridized carbons (Fsp3) is 0.474. The van der Waals surface area contributed by atoms with Gasteiger partial charge in [0.1, 0.15) is 18.9 Å². The Balaban J connectivity index is 1.50. The van der Waals surface area contributed by atoms with E-state index in [0.717, 1.165) is 38.7 Å². The average Bonchev–Trinajstić information content (AvgIpc) is 3.33. The molecule has 2 aromatic rings. The number of carbonyl (C=O) groups is 1. The molecule has 0 radical (unpaired) electrons. The van der Waals surface area contributed by atoms with Gasteiger partial charge in [0.15, 0.2) is 11.5 Å². The minimum Gasteiger partial charge on any atom is -0.454 e. The molecule has 1 fully saturated rings. The summed E-state index contributed by atoms with van der Waals surface area (Å²) in [4.78, 5) is 20.9. The van der Waals surface area contributed by atoms with Crippen LogP contribution in [-0.4, -0.2) is 66.5 Å². The molecule has 1 aromatic carbocycles. The Hall–Kier alpha value is -2.58. The lowest BCUT2D eigenvalue weighted by molar-refractivity contribution is -0.907. The van der Waals surface area contributed by atoms with Crippen molar-refractivity contribution in [2.45, 2.75) is 6.54 Å². The fourth-order valence-electron chi connectivity index (χ4n) is 3.39. The lowest BCUT2D eigenvalue weighted by Crippen LogP contribution is -3.14. The number of nitrogens with zero attached hydrogens (tertiary/aromatic N) is 3. The van der Waals surface area contributed by atoms with E-state index in [9.17, 15) is 4.79 Å². The van der Waals surface area contributed by atoms with E-state index in [2.05, 4.69) is 4.98 Å². The summed E-state index contributed by atoms with van der Waals surface area (Å²) in [7, 11) is 1.94. The van der Waals surface area contributed by atoms with Gasteiger partial charge in [0.05, 0.1) is 32.8 Å². The number of benzene rings is 1. The first-order chi connectivity index (χ1) is 13.2. The fourth-order valence-corrected chi connectivity index (χ4v) is 3.39. The van der Waals surface area contributed by atoms with Gasteiger partial charge in [0.25, 0.3) is 5.91 Å². The molecule has 2 aliphatic heterocycles. The lowest BCUT2D eigenvalue weighted by atomic mass is 10.1. The van der Waals surface area contributed by atoms with Gasteiger partial charge in [-0.3, -0.25) is 4.79 Å². The van der Waals surface area contributed by atoms with Crippen LogP contribution in [0.1, 0.15) is 16.2 Å². The highest BCUT2D eigenvalue weighted by molar-refractivity contribution is 5.95. The van der Waals surface area contributed by atoms with E-state index in [4.69, 9.17) is 14.2 Å². The number of amides is 1. The predicted molar refractivity (Wildman–Crippen MR) is 96.9 cm³/mol. The molecule has 3 heterocycles. The molecule has 2 aliphatic rings. The zero-order valence-corrected chi connectivity index (χ0v) is 15.5. The highest BCUT2D eigenvalue weighted by atomic mass is 16.7. The number of hydrogen-bond donors (Lipinski definition) is 1. The minimum absolute atomic E-state index is 0.0241. The second kappa shape index (κ2) is 7.98. The number of quaternary nitrogens is 1. The van der Waals surface area contributed by atoms with Crippen LogP contribution in [0.15, 0.2) is 30.6 Å². The van der Waals surface area contributed by atoms with Crippen molar-refractivity contribution >= 4 is 5.91 Å². The molecule has 27 heavy (non-hydrogen) atoms. The molecule has 144 valence electrons. The third kappa shape index (κ3) is 4.06. The summed E-state index contributed by atoms with van der Waals surface area (Å²) < 4.78 is 18.1. The first-order valence-electron chi connectivity index (χ1n) is 9.27. The predicted octanol–water partition coefficient (Wildman–Crippen LogP) is -0.294. The van der Waals surface area contributed by atoms with Crippen LogP contribution in [-0.2, 0) is 18.3 Å². The number of morpholine rings is 1. The maximum absolute atomic E-state index is 13.2. The third-order valence-electron chi connectivity index (χ3n) is 5.10. The average molecular weight is 373 g/mol. The summed E-state index contributed by atoms with van der Waals surface area (Å²) >= 11 is 0. The van der Waals surface area contributed by atoms with Crippen molar-refractivity contribution in [1.82, 2.24) is 14.5 Å². The first-order valence-corrected chi connectivity index (χ1v) is 9.27. The maximum Gasteiger partial charge on any atom is 0.254 e. The van der Waals surface area contributed by atoms with Crippen LogP contribution >= 0.6 is 0 Å². The van der Waals surface area contributed by atoms with E-state index in [1.165, 1.54) is 4.90 Å². The molecular weight excluding hydrogens is 348 g/mol. The van der Waals surface area contributed by atoms with Gasteiger partial charge in [-0.2, -0.15) is 0 Å². The lowest BCUT2D eigenvalue weighted by Gasteiger charge is -2.28. The molecular formula is C19H25N4O4+. The van der Waals surface area contributed by atoms with Crippen LogP contribution in [0, 0.1) is 0 Å². The topological polar surface area (TPSA) is 70.3 Å². The van der Waals surface area contributed by atoms with Crippen LogP contribution in [0.4, 0.5) is 0 Å². The van der Waals surface area contributed by atoms with Crippen molar-refractivity contribution in [3.05, 3.63) is 42.0 Å². The van der Waals surface area contributed by atoms with E-state index in [0.29, 0.717) is 30.2 Å². The Kier molecular flexibility index (Phi) is 5.26. The second-order valence-electron chi connectivity index (χ2n) is 6.86. The molecule has 1 aromatic heterocycles. The van der Waals surface area contributed by atoms with E-state index in [-0.39, 0.29) is 12.7 Å².